The number of carbonyl (C=O) groups is 4. The Labute approximate surface area is 295 Å². The molecule has 6 rings (SSSR count). The monoisotopic (exact) mass is 720 g/mol. The van der Waals surface area contributed by atoms with Crippen molar-refractivity contribution in [1.29, 1.82) is 0 Å². The summed E-state index contributed by atoms with van der Waals surface area (Å²) in [4.78, 5) is 105. The lowest BCUT2D eigenvalue weighted by atomic mass is 9.56. The largest absolute Gasteiger partial charge is 0.306 e. The molecule has 4 aliphatic rings. The average molecular weight is 721 g/mol. The molecular weight excluding hydrogens is 684 g/mol. The number of rotatable bonds is 13. The minimum atomic E-state index is -2.49. The van der Waals surface area contributed by atoms with Gasteiger partial charge in [0.25, 0.3) is 11.1 Å². The van der Waals surface area contributed by atoms with Gasteiger partial charge in [-0.05, 0) is 39.8 Å². The van der Waals surface area contributed by atoms with Crippen molar-refractivity contribution in [3.63, 3.8) is 0 Å². The predicted octanol–water partition coefficient (Wildman–Crippen LogP) is 2.36. The van der Waals surface area contributed by atoms with E-state index in [1.165, 1.54) is 58.3 Å². The van der Waals surface area contributed by atoms with E-state index in [0.29, 0.717) is 0 Å². The van der Waals surface area contributed by atoms with Crippen molar-refractivity contribution in [2.45, 2.75) is 61.7 Å². The van der Waals surface area contributed by atoms with Gasteiger partial charge in [-0.25, -0.2) is 0 Å². The van der Waals surface area contributed by atoms with Gasteiger partial charge in [-0.2, -0.15) is 0 Å². The van der Waals surface area contributed by atoms with Gasteiger partial charge in [0.1, 0.15) is 23.4 Å². The number of ketones is 4. The Bertz CT molecular complexity index is 1820. The first-order valence-corrected chi connectivity index (χ1v) is 16.8. The number of hydrogen-bond acceptors (Lipinski definition) is 14. The summed E-state index contributed by atoms with van der Waals surface area (Å²) < 4.78 is 0. The van der Waals surface area contributed by atoms with Crippen LogP contribution in [0.4, 0.5) is 0 Å². The maximum atomic E-state index is 13.9. The molecule has 2 fully saturated rings. The molecule has 2 aromatic rings. The highest BCUT2D eigenvalue weighted by Gasteiger charge is 2.78. The lowest BCUT2D eigenvalue weighted by molar-refractivity contribution is -0.640. The van der Waals surface area contributed by atoms with Crippen molar-refractivity contribution in [2.75, 3.05) is 39.3 Å². The van der Waals surface area contributed by atoms with E-state index in [1.807, 2.05) is 0 Å². The molecule has 2 aliphatic heterocycles. The van der Waals surface area contributed by atoms with Gasteiger partial charge in [-0.3, -0.25) is 59.8 Å². The van der Waals surface area contributed by atoms with Crippen LogP contribution >= 0.6 is 0 Å². The topological polar surface area (TPSA) is 247 Å². The van der Waals surface area contributed by atoms with E-state index in [-0.39, 0.29) is 61.3 Å². The predicted molar refractivity (Wildman–Crippen MR) is 178 cm³/mol. The van der Waals surface area contributed by atoms with Crippen LogP contribution in [0.3, 0.4) is 0 Å². The van der Waals surface area contributed by atoms with Crippen LogP contribution in [0.1, 0.15) is 71.4 Å². The highest BCUT2D eigenvalue weighted by molar-refractivity contribution is 6.07. The highest BCUT2D eigenvalue weighted by Crippen LogP contribution is 2.55. The first kappa shape index (κ1) is 36.4. The fraction of sp³-hybridized carbons (Fsp3) is 0.529. The van der Waals surface area contributed by atoms with Gasteiger partial charge in [0.05, 0.1) is 26.2 Å². The van der Waals surface area contributed by atoms with Gasteiger partial charge in [0, 0.05) is 54.8 Å². The fourth-order valence-electron chi connectivity index (χ4n) is 9.64. The summed E-state index contributed by atoms with van der Waals surface area (Å²) in [5, 5.41) is 51.8. The average Bonchev–Trinajstić information content (AvgIpc) is 3.08. The fourth-order valence-corrected chi connectivity index (χ4v) is 9.64. The van der Waals surface area contributed by atoms with Gasteiger partial charge in [0.15, 0.2) is 0 Å². The molecule has 2 aliphatic carbocycles. The lowest BCUT2D eigenvalue weighted by Gasteiger charge is -2.51. The van der Waals surface area contributed by atoms with Crippen molar-refractivity contribution >= 4 is 23.1 Å². The number of unbranched alkanes of at least 4 members (excludes halogenated alkanes) is 1. The number of nitro groups is 4. The maximum Gasteiger partial charge on any atom is 0.306 e. The quantitative estimate of drug-likeness (QED) is 0.164. The Morgan fingerprint density at radius 3 is 1.21 bits per heavy atom. The number of hydrogen-bond donors (Lipinski definition) is 0. The minimum absolute atomic E-state index is 0.00139. The molecule has 0 amide bonds. The second kappa shape index (κ2) is 12.7. The smallest absolute Gasteiger partial charge is 0.300 e. The summed E-state index contributed by atoms with van der Waals surface area (Å²) in [5.41, 5.74) is -9.59. The Hall–Kier alpha value is -5.36. The van der Waals surface area contributed by atoms with Crippen molar-refractivity contribution in [3.05, 3.63) is 111 Å². The number of piperidine rings is 2. The third-order valence-corrected chi connectivity index (χ3v) is 11.7. The van der Waals surface area contributed by atoms with Gasteiger partial charge in [-0.1, -0.05) is 48.5 Å². The van der Waals surface area contributed by atoms with Gasteiger partial charge < -0.3 is 9.59 Å². The van der Waals surface area contributed by atoms with Gasteiger partial charge in [0.2, 0.25) is 11.6 Å². The number of carbonyl (C=O) groups excluding carboxylic acids is 4. The van der Waals surface area contributed by atoms with E-state index >= 15 is 0 Å². The highest BCUT2D eigenvalue weighted by atomic mass is 16.6. The molecule has 0 radical (unpaired) electrons. The summed E-state index contributed by atoms with van der Waals surface area (Å²) >= 11 is 0. The third kappa shape index (κ3) is 4.91. The molecule has 6 atom stereocenters. The van der Waals surface area contributed by atoms with E-state index in [9.17, 15) is 59.6 Å². The third-order valence-electron chi connectivity index (χ3n) is 11.7. The Balaban J connectivity index is 1.30. The molecule has 2 saturated heterocycles. The summed E-state index contributed by atoms with van der Waals surface area (Å²) in [6, 6.07) is 11.3. The molecule has 0 spiro atoms. The molecule has 0 N–H and O–H groups in total. The first-order chi connectivity index (χ1) is 24.5. The number of fused-ring (bicyclic) bond motifs is 8. The molecular formula is C34H36N6O12. The standard InChI is InChI=1S/C34H36N6O12/c1-21(41)15-27-31(37(45)46)17-35(19-33(27,39(49)50)29(43)23-9-3-5-11-25(23)31)13-7-8-14-36-18-32(38(47)48)26-12-6-4-10-24(26)30(44)34(20-36,40(51)52)28(32)16-22(2)42/h3-6,9-12,27-28H,7-8,13-20H2,1-2H3/t27?,28?,31-,32-,33-,34-/m0/s1. The van der Waals surface area contributed by atoms with Crippen LogP contribution in [-0.2, 0) is 20.7 Å². The van der Waals surface area contributed by atoms with Crippen molar-refractivity contribution < 1.29 is 38.9 Å². The Morgan fingerprint density at radius 2 is 0.904 bits per heavy atom. The minimum Gasteiger partial charge on any atom is -0.300 e. The molecule has 18 heteroatoms. The molecule has 4 bridgehead atoms. The van der Waals surface area contributed by atoms with E-state index in [2.05, 4.69) is 0 Å². The Kier molecular flexibility index (Phi) is 8.89. The van der Waals surface area contributed by atoms with Crippen LogP contribution < -0.4 is 0 Å². The van der Waals surface area contributed by atoms with Crippen molar-refractivity contribution in [3.8, 4) is 0 Å². The molecule has 0 aromatic heterocycles. The molecule has 274 valence electrons. The second-order valence-electron chi connectivity index (χ2n) is 14.5. The van der Waals surface area contributed by atoms with Crippen molar-refractivity contribution in [1.82, 2.24) is 9.80 Å². The molecule has 18 nitrogen and oxygen atoms in total. The van der Waals surface area contributed by atoms with E-state index in [0.717, 1.165) is 13.8 Å². The molecule has 2 aromatic carbocycles. The molecule has 0 saturated carbocycles. The summed E-state index contributed by atoms with van der Waals surface area (Å²) in [5.74, 6) is -6.03. The summed E-state index contributed by atoms with van der Waals surface area (Å²) in [6.45, 7) is 0.662. The number of nitrogens with zero attached hydrogens (tertiary/aromatic N) is 6. The zero-order chi connectivity index (χ0) is 38.0. The van der Waals surface area contributed by atoms with E-state index in [1.54, 1.807) is 0 Å². The molecule has 2 unspecified atom stereocenters. The van der Waals surface area contributed by atoms with Gasteiger partial charge >= 0.3 is 11.1 Å². The second-order valence-corrected chi connectivity index (χ2v) is 14.5. The van der Waals surface area contributed by atoms with Crippen LogP contribution in [0.5, 0.6) is 0 Å². The maximum absolute atomic E-state index is 13.9. The number of Topliss-reactive ketones (excluding diaryl/α,β-unsaturated/α-hetero) is 4. The Morgan fingerprint density at radius 1 is 0.596 bits per heavy atom. The molecule has 52 heavy (non-hydrogen) atoms. The number of benzene rings is 2. The zero-order valence-electron chi connectivity index (χ0n) is 28.4. The zero-order valence-corrected chi connectivity index (χ0v) is 28.4. The van der Waals surface area contributed by atoms with Crippen LogP contribution in [-0.4, -0.2) is 103 Å². The summed E-state index contributed by atoms with van der Waals surface area (Å²) in [6.07, 6.45) is -0.728. The van der Waals surface area contributed by atoms with E-state index in [4.69, 9.17) is 0 Å². The molecule has 2 heterocycles. The normalized spacial score (nSPS) is 30.9. The van der Waals surface area contributed by atoms with Crippen molar-refractivity contribution in [2.24, 2.45) is 11.8 Å². The summed E-state index contributed by atoms with van der Waals surface area (Å²) in [7, 11) is 0. The van der Waals surface area contributed by atoms with Crippen LogP contribution in [0.2, 0.25) is 0 Å². The van der Waals surface area contributed by atoms with Crippen LogP contribution in [0.15, 0.2) is 48.5 Å². The lowest BCUT2D eigenvalue weighted by Crippen LogP contribution is -2.75. The van der Waals surface area contributed by atoms with E-state index < -0.39 is 103 Å². The SMILES string of the molecule is CC(=O)CC1[C@]2([N+](=O)[O-])CN(CCCCN3C[C@]4([N+](=O)[O-])c5ccccc5C(=O)[C@]([N+](=O)[O-])(C3)C4CC(C)=O)C[C@@]1([N+](=O)[O-])C(=O)c1ccccc12. The van der Waals surface area contributed by atoms with Crippen LogP contribution in [0.25, 0.3) is 0 Å². The van der Waals surface area contributed by atoms with Crippen LogP contribution in [0, 0.1) is 52.3 Å². The number of likely N-dealkylation sites (tertiary alicyclic amines) is 2. The van der Waals surface area contributed by atoms with Gasteiger partial charge in [-0.15, -0.1) is 0 Å². The first-order valence-electron chi connectivity index (χ1n) is 16.8.